The van der Waals surface area contributed by atoms with Gasteiger partial charge in [-0.1, -0.05) is 38.1 Å². The molecule has 5 nitrogen and oxygen atoms in total. The molecule has 3 aromatic rings. The van der Waals surface area contributed by atoms with E-state index in [1.165, 1.54) is 5.56 Å². The molecule has 1 N–H and O–H groups in total. The fourth-order valence-corrected chi connectivity index (χ4v) is 3.29. The molecule has 25 heavy (non-hydrogen) atoms. The van der Waals surface area contributed by atoms with E-state index in [9.17, 15) is 4.79 Å². The second kappa shape index (κ2) is 6.16. The normalized spacial score (nSPS) is 16.6. The van der Waals surface area contributed by atoms with Crippen molar-refractivity contribution in [1.29, 1.82) is 0 Å². The minimum Gasteiger partial charge on any atom is -0.310 e. The number of fused-ring (bicyclic) bond motifs is 1. The molecule has 3 heterocycles. The Balaban J connectivity index is 1.75. The van der Waals surface area contributed by atoms with Crippen LogP contribution in [0.4, 0.5) is 5.82 Å². The number of hydrogen-bond donors (Lipinski definition) is 1. The zero-order chi connectivity index (χ0) is 17.4. The maximum atomic E-state index is 12.3. The van der Waals surface area contributed by atoms with Crippen molar-refractivity contribution in [1.82, 2.24) is 14.5 Å². The summed E-state index contributed by atoms with van der Waals surface area (Å²) in [6.45, 7) is 4.35. The molecule has 0 saturated carbocycles. The van der Waals surface area contributed by atoms with Crippen molar-refractivity contribution in [2.24, 2.45) is 0 Å². The van der Waals surface area contributed by atoms with Crippen molar-refractivity contribution in [3.63, 3.8) is 0 Å². The van der Waals surface area contributed by atoms with Gasteiger partial charge >= 0.3 is 0 Å². The van der Waals surface area contributed by atoms with Crippen molar-refractivity contribution in [2.45, 2.75) is 32.1 Å². The molecule has 1 aliphatic rings. The highest BCUT2D eigenvalue weighted by atomic mass is 16.1. The van der Waals surface area contributed by atoms with E-state index in [0.29, 0.717) is 12.3 Å². The van der Waals surface area contributed by atoms with Crippen LogP contribution in [-0.2, 0) is 4.79 Å². The first-order valence-corrected chi connectivity index (χ1v) is 8.51. The average molecular weight is 332 g/mol. The third-order valence-electron chi connectivity index (χ3n) is 4.70. The van der Waals surface area contributed by atoms with Crippen LogP contribution in [0, 0.1) is 0 Å². The Morgan fingerprint density at radius 2 is 2.00 bits per heavy atom. The van der Waals surface area contributed by atoms with Crippen LogP contribution < -0.4 is 5.32 Å². The van der Waals surface area contributed by atoms with E-state index in [0.717, 1.165) is 22.8 Å². The monoisotopic (exact) mass is 332 g/mol. The molecule has 126 valence electrons. The van der Waals surface area contributed by atoms with Gasteiger partial charge in [0.05, 0.1) is 17.6 Å². The van der Waals surface area contributed by atoms with Crippen LogP contribution in [0.3, 0.4) is 0 Å². The van der Waals surface area contributed by atoms with Gasteiger partial charge in [0.2, 0.25) is 5.91 Å². The van der Waals surface area contributed by atoms with Gasteiger partial charge < -0.3 is 5.32 Å². The van der Waals surface area contributed by atoms with Crippen molar-refractivity contribution in [2.75, 3.05) is 5.32 Å². The lowest BCUT2D eigenvalue weighted by atomic mass is 9.88. The van der Waals surface area contributed by atoms with Gasteiger partial charge in [-0.05, 0) is 29.2 Å². The lowest BCUT2D eigenvalue weighted by Gasteiger charge is -2.23. The summed E-state index contributed by atoms with van der Waals surface area (Å²) in [5.41, 5.74) is 4.20. The maximum absolute atomic E-state index is 12.3. The van der Waals surface area contributed by atoms with Gasteiger partial charge in [0.1, 0.15) is 12.1 Å². The molecule has 0 aliphatic carbocycles. The summed E-state index contributed by atoms with van der Waals surface area (Å²) in [5, 5.41) is 2.97. The summed E-state index contributed by atoms with van der Waals surface area (Å²) in [6, 6.07) is 12.3. The molecule has 1 aliphatic heterocycles. The second-order valence-corrected chi connectivity index (χ2v) is 6.69. The standard InChI is InChI=1S/C20H20N4O/c1-13(2)14-5-7-15(8-6-14)17-10-18(25)23-20-19(17)22-12-24(20)16-4-3-9-21-11-16/h3-9,11-13,17H,10H2,1-2H3,(H,23,25). The fourth-order valence-electron chi connectivity index (χ4n) is 3.29. The van der Waals surface area contributed by atoms with E-state index in [2.05, 4.69) is 53.4 Å². The Kier molecular flexibility index (Phi) is 3.84. The van der Waals surface area contributed by atoms with Crippen LogP contribution in [0.5, 0.6) is 0 Å². The van der Waals surface area contributed by atoms with Gasteiger partial charge in [-0.3, -0.25) is 14.3 Å². The summed E-state index contributed by atoms with van der Waals surface area (Å²) in [6.07, 6.45) is 5.65. The van der Waals surface area contributed by atoms with E-state index in [1.54, 1.807) is 18.7 Å². The highest BCUT2D eigenvalue weighted by Crippen LogP contribution is 2.37. The molecule has 1 atom stereocenters. The molecule has 5 heteroatoms. The van der Waals surface area contributed by atoms with Gasteiger partial charge in [0.15, 0.2) is 0 Å². The van der Waals surface area contributed by atoms with Gasteiger partial charge in [-0.2, -0.15) is 0 Å². The zero-order valence-electron chi connectivity index (χ0n) is 14.3. The number of anilines is 1. The van der Waals surface area contributed by atoms with Crippen molar-refractivity contribution in [3.05, 3.63) is 71.9 Å². The number of benzene rings is 1. The zero-order valence-corrected chi connectivity index (χ0v) is 14.3. The largest absolute Gasteiger partial charge is 0.310 e. The Morgan fingerprint density at radius 1 is 1.20 bits per heavy atom. The highest BCUT2D eigenvalue weighted by molar-refractivity contribution is 5.94. The summed E-state index contributed by atoms with van der Waals surface area (Å²) >= 11 is 0. The number of nitrogens with one attached hydrogen (secondary N) is 1. The number of imidazole rings is 1. The van der Waals surface area contributed by atoms with Crippen molar-refractivity contribution < 1.29 is 4.79 Å². The van der Waals surface area contributed by atoms with Gasteiger partial charge in [0.25, 0.3) is 0 Å². The Morgan fingerprint density at radius 3 is 2.68 bits per heavy atom. The minimum atomic E-state index is -0.0251. The average Bonchev–Trinajstić information content (AvgIpc) is 3.05. The predicted molar refractivity (Wildman–Crippen MR) is 97.0 cm³/mol. The van der Waals surface area contributed by atoms with Crippen molar-refractivity contribution in [3.8, 4) is 5.69 Å². The third kappa shape index (κ3) is 2.82. The molecule has 1 aromatic carbocycles. The van der Waals surface area contributed by atoms with Crippen LogP contribution >= 0.6 is 0 Å². The summed E-state index contributed by atoms with van der Waals surface area (Å²) in [7, 11) is 0. The number of pyridine rings is 1. The van der Waals surface area contributed by atoms with Crippen LogP contribution in [0.2, 0.25) is 0 Å². The predicted octanol–water partition coefficient (Wildman–Crippen LogP) is 3.86. The smallest absolute Gasteiger partial charge is 0.226 e. The van der Waals surface area contributed by atoms with E-state index < -0.39 is 0 Å². The van der Waals surface area contributed by atoms with E-state index in [1.807, 2.05) is 16.7 Å². The SMILES string of the molecule is CC(C)c1ccc(C2CC(=O)Nc3c2ncn3-c2cccnc2)cc1. The van der Waals surface area contributed by atoms with Gasteiger partial charge in [-0.15, -0.1) is 0 Å². The fraction of sp³-hybridized carbons (Fsp3) is 0.250. The number of carbonyl (C=O) groups is 1. The van der Waals surface area contributed by atoms with Crippen LogP contribution in [-0.4, -0.2) is 20.4 Å². The quantitative estimate of drug-likeness (QED) is 0.792. The lowest BCUT2D eigenvalue weighted by molar-refractivity contribution is -0.116. The first-order chi connectivity index (χ1) is 12.1. The Bertz CT molecular complexity index is 897. The van der Waals surface area contributed by atoms with E-state index in [-0.39, 0.29) is 11.8 Å². The first-order valence-electron chi connectivity index (χ1n) is 8.51. The maximum Gasteiger partial charge on any atom is 0.226 e. The topological polar surface area (TPSA) is 59.8 Å². The molecule has 0 bridgehead atoms. The molecule has 0 fully saturated rings. The van der Waals surface area contributed by atoms with Crippen LogP contribution in [0.25, 0.3) is 5.69 Å². The van der Waals surface area contributed by atoms with Gasteiger partial charge in [0, 0.05) is 18.5 Å². The number of aromatic nitrogens is 3. The second-order valence-electron chi connectivity index (χ2n) is 6.69. The van der Waals surface area contributed by atoms with E-state index in [4.69, 9.17) is 0 Å². The first kappa shape index (κ1) is 15.6. The molecule has 0 saturated heterocycles. The molecule has 1 amide bonds. The minimum absolute atomic E-state index is 0.0103. The number of amides is 1. The molecular weight excluding hydrogens is 312 g/mol. The number of rotatable bonds is 3. The molecule has 0 radical (unpaired) electrons. The molecule has 2 aromatic heterocycles. The molecular formula is C20H20N4O. The summed E-state index contributed by atoms with van der Waals surface area (Å²) in [4.78, 5) is 21.1. The number of carbonyl (C=O) groups excluding carboxylic acids is 1. The summed E-state index contributed by atoms with van der Waals surface area (Å²) < 4.78 is 1.88. The van der Waals surface area contributed by atoms with Crippen LogP contribution in [0.15, 0.2) is 55.1 Å². The summed E-state index contributed by atoms with van der Waals surface area (Å²) in [5.74, 6) is 1.21. The van der Waals surface area contributed by atoms with Crippen molar-refractivity contribution >= 4 is 11.7 Å². The van der Waals surface area contributed by atoms with E-state index >= 15 is 0 Å². The van der Waals surface area contributed by atoms with Crippen LogP contribution in [0.1, 0.15) is 48.9 Å². The molecule has 4 rings (SSSR count). The van der Waals surface area contributed by atoms with Gasteiger partial charge in [-0.25, -0.2) is 4.98 Å². The number of hydrogen-bond acceptors (Lipinski definition) is 3. The molecule has 0 spiro atoms. The Hall–Kier alpha value is -2.95. The highest BCUT2D eigenvalue weighted by Gasteiger charge is 2.31. The number of nitrogens with zero attached hydrogens (tertiary/aromatic N) is 3. The third-order valence-corrected chi connectivity index (χ3v) is 4.70. The molecule has 1 unspecified atom stereocenters. The Labute approximate surface area is 146 Å². The lowest BCUT2D eigenvalue weighted by Crippen LogP contribution is -2.24.